The Kier molecular flexibility index (Phi) is 9.14. The summed E-state index contributed by atoms with van der Waals surface area (Å²) in [5.74, 6) is 1.00. The van der Waals surface area contributed by atoms with Crippen molar-refractivity contribution in [1.29, 1.82) is 0 Å². The van der Waals surface area contributed by atoms with Crippen LogP contribution in [0.4, 0.5) is 0 Å². The summed E-state index contributed by atoms with van der Waals surface area (Å²) < 4.78 is 11.3. The van der Waals surface area contributed by atoms with Gasteiger partial charge in [-0.1, -0.05) is 58.0 Å². The SMILES string of the molecule is CC[C@H](C(=O)NC(C)(C)C)N(Cc1ccc(OC)cc1)C(=O)COc1ccccc1C(C)(C)C. The number of benzene rings is 2. The van der Waals surface area contributed by atoms with Crippen LogP contribution in [0, 0.1) is 0 Å². The van der Waals surface area contributed by atoms with Gasteiger partial charge in [0, 0.05) is 12.1 Å². The number of amides is 2. The Hall–Kier alpha value is -3.02. The Morgan fingerprint density at radius 1 is 0.971 bits per heavy atom. The van der Waals surface area contributed by atoms with Crippen LogP contribution in [-0.4, -0.2) is 42.0 Å². The second-order valence-electron chi connectivity index (χ2n) is 10.6. The van der Waals surface area contributed by atoms with Gasteiger partial charge in [-0.15, -0.1) is 0 Å². The third-order valence-electron chi connectivity index (χ3n) is 5.44. The number of nitrogens with one attached hydrogen (secondary N) is 1. The highest BCUT2D eigenvalue weighted by atomic mass is 16.5. The Morgan fingerprint density at radius 3 is 2.12 bits per heavy atom. The molecule has 0 aliphatic rings. The van der Waals surface area contributed by atoms with E-state index in [4.69, 9.17) is 9.47 Å². The Bertz CT molecular complexity index is 956. The molecule has 1 N–H and O–H groups in total. The van der Waals surface area contributed by atoms with Gasteiger partial charge < -0.3 is 19.7 Å². The molecule has 0 saturated heterocycles. The van der Waals surface area contributed by atoms with Gasteiger partial charge in [0.05, 0.1) is 7.11 Å². The normalized spacial score (nSPS) is 12.6. The van der Waals surface area contributed by atoms with E-state index >= 15 is 0 Å². The molecule has 6 heteroatoms. The smallest absolute Gasteiger partial charge is 0.261 e. The van der Waals surface area contributed by atoms with Crippen molar-refractivity contribution in [2.45, 2.75) is 78.4 Å². The molecular weight excluding hydrogens is 428 g/mol. The Morgan fingerprint density at radius 2 is 1.59 bits per heavy atom. The number of hydrogen-bond acceptors (Lipinski definition) is 4. The standard InChI is InChI=1S/C28H40N2O4/c1-9-23(26(32)29-28(5,6)7)30(18-20-14-16-21(33-8)17-15-20)25(31)19-34-24-13-11-10-12-22(24)27(2,3)4/h10-17,23H,9,18-19H2,1-8H3,(H,29,32)/t23-/m1/s1. The van der Waals surface area contributed by atoms with E-state index in [-0.39, 0.29) is 23.8 Å². The van der Waals surface area contributed by atoms with E-state index in [2.05, 4.69) is 26.1 Å². The van der Waals surface area contributed by atoms with Gasteiger partial charge in [-0.2, -0.15) is 0 Å². The number of carbonyl (C=O) groups is 2. The summed E-state index contributed by atoms with van der Waals surface area (Å²) in [5, 5.41) is 3.02. The summed E-state index contributed by atoms with van der Waals surface area (Å²) in [5.41, 5.74) is 1.41. The summed E-state index contributed by atoms with van der Waals surface area (Å²) >= 11 is 0. The van der Waals surface area contributed by atoms with E-state index < -0.39 is 11.6 Å². The number of hydrogen-bond donors (Lipinski definition) is 1. The van der Waals surface area contributed by atoms with Crippen molar-refractivity contribution in [1.82, 2.24) is 10.2 Å². The van der Waals surface area contributed by atoms with Crippen LogP contribution in [0.1, 0.15) is 66.0 Å². The first-order chi connectivity index (χ1) is 15.9. The van der Waals surface area contributed by atoms with Crippen LogP contribution >= 0.6 is 0 Å². The highest BCUT2D eigenvalue weighted by Crippen LogP contribution is 2.31. The maximum atomic E-state index is 13.5. The number of carbonyl (C=O) groups excluding carboxylic acids is 2. The fraction of sp³-hybridized carbons (Fsp3) is 0.500. The molecule has 34 heavy (non-hydrogen) atoms. The zero-order valence-electron chi connectivity index (χ0n) is 21.9. The minimum atomic E-state index is -0.615. The maximum absolute atomic E-state index is 13.5. The summed E-state index contributed by atoms with van der Waals surface area (Å²) in [7, 11) is 1.61. The zero-order chi connectivity index (χ0) is 25.5. The van der Waals surface area contributed by atoms with Gasteiger partial charge in [0.2, 0.25) is 5.91 Å². The first-order valence-corrected chi connectivity index (χ1v) is 11.8. The van der Waals surface area contributed by atoms with E-state index in [1.807, 2.05) is 76.2 Å². The molecule has 0 aliphatic carbocycles. The molecule has 0 saturated carbocycles. The van der Waals surface area contributed by atoms with Crippen molar-refractivity contribution < 1.29 is 19.1 Å². The number of ether oxygens (including phenoxy) is 2. The fourth-order valence-corrected chi connectivity index (χ4v) is 3.73. The second kappa shape index (κ2) is 11.4. The molecule has 2 aromatic rings. The third-order valence-corrected chi connectivity index (χ3v) is 5.44. The molecule has 186 valence electrons. The lowest BCUT2D eigenvalue weighted by molar-refractivity contribution is -0.143. The zero-order valence-corrected chi connectivity index (χ0v) is 21.9. The largest absolute Gasteiger partial charge is 0.497 e. The molecule has 0 unspecified atom stereocenters. The van der Waals surface area contributed by atoms with Crippen LogP contribution in [0.2, 0.25) is 0 Å². The Balaban J connectivity index is 2.30. The molecule has 0 bridgehead atoms. The number of rotatable bonds is 9. The van der Waals surface area contributed by atoms with Gasteiger partial charge >= 0.3 is 0 Å². The highest BCUT2D eigenvalue weighted by Gasteiger charge is 2.31. The van der Waals surface area contributed by atoms with E-state index in [1.54, 1.807) is 12.0 Å². The molecule has 1 atom stereocenters. The van der Waals surface area contributed by atoms with E-state index in [1.165, 1.54) is 0 Å². The van der Waals surface area contributed by atoms with Gasteiger partial charge in [-0.05, 0) is 61.9 Å². The predicted octanol–water partition coefficient (Wildman–Crippen LogP) is 5.09. The van der Waals surface area contributed by atoms with Crippen LogP contribution in [0.3, 0.4) is 0 Å². The van der Waals surface area contributed by atoms with Crippen molar-refractivity contribution >= 4 is 11.8 Å². The number of para-hydroxylation sites is 1. The third kappa shape index (κ3) is 7.79. The van der Waals surface area contributed by atoms with Gasteiger partial charge in [0.1, 0.15) is 17.5 Å². The molecule has 0 heterocycles. The van der Waals surface area contributed by atoms with Crippen LogP contribution < -0.4 is 14.8 Å². The van der Waals surface area contributed by atoms with Crippen LogP contribution in [0.5, 0.6) is 11.5 Å². The van der Waals surface area contributed by atoms with Gasteiger partial charge in [-0.25, -0.2) is 0 Å². The van der Waals surface area contributed by atoms with E-state index in [0.29, 0.717) is 18.7 Å². The number of methoxy groups -OCH3 is 1. The highest BCUT2D eigenvalue weighted by molar-refractivity contribution is 5.88. The minimum absolute atomic E-state index is 0.124. The summed E-state index contributed by atoms with van der Waals surface area (Å²) in [6.45, 7) is 14.2. The maximum Gasteiger partial charge on any atom is 0.261 e. The van der Waals surface area contributed by atoms with Crippen molar-refractivity contribution in [3.63, 3.8) is 0 Å². The fourth-order valence-electron chi connectivity index (χ4n) is 3.73. The predicted molar refractivity (Wildman–Crippen MR) is 136 cm³/mol. The van der Waals surface area contributed by atoms with E-state index in [9.17, 15) is 9.59 Å². The topological polar surface area (TPSA) is 67.9 Å². The quantitative estimate of drug-likeness (QED) is 0.556. The second-order valence-corrected chi connectivity index (χ2v) is 10.6. The monoisotopic (exact) mass is 468 g/mol. The molecule has 2 rings (SSSR count). The number of nitrogens with zero attached hydrogens (tertiary/aromatic N) is 1. The molecule has 2 amide bonds. The van der Waals surface area contributed by atoms with Crippen molar-refractivity contribution in [2.24, 2.45) is 0 Å². The average Bonchev–Trinajstić information content (AvgIpc) is 2.76. The van der Waals surface area contributed by atoms with Gasteiger partial charge in [0.15, 0.2) is 6.61 Å². The van der Waals surface area contributed by atoms with Crippen LogP contribution in [-0.2, 0) is 21.5 Å². The molecule has 0 spiro atoms. The molecule has 6 nitrogen and oxygen atoms in total. The van der Waals surface area contributed by atoms with Crippen LogP contribution in [0.25, 0.3) is 0 Å². The van der Waals surface area contributed by atoms with Crippen molar-refractivity contribution in [3.05, 3.63) is 59.7 Å². The van der Waals surface area contributed by atoms with Crippen LogP contribution in [0.15, 0.2) is 48.5 Å². The summed E-state index contributed by atoms with van der Waals surface area (Å²) in [4.78, 5) is 28.2. The average molecular weight is 469 g/mol. The molecule has 0 aromatic heterocycles. The first kappa shape index (κ1) is 27.2. The molecule has 0 aliphatic heterocycles. The molecular formula is C28H40N2O4. The van der Waals surface area contributed by atoms with E-state index in [0.717, 1.165) is 16.9 Å². The van der Waals surface area contributed by atoms with Crippen molar-refractivity contribution in [2.75, 3.05) is 13.7 Å². The summed E-state index contributed by atoms with van der Waals surface area (Å²) in [6.07, 6.45) is 0.488. The summed E-state index contributed by atoms with van der Waals surface area (Å²) in [6, 6.07) is 14.7. The first-order valence-electron chi connectivity index (χ1n) is 11.8. The van der Waals surface area contributed by atoms with Crippen molar-refractivity contribution in [3.8, 4) is 11.5 Å². The lowest BCUT2D eigenvalue weighted by Gasteiger charge is -2.33. The molecule has 2 aromatic carbocycles. The molecule has 0 radical (unpaired) electrons. The molecule has 0 fully saturated rings. The Labute approximate surface area is 204 Å². The van der Waals surface area contributed by atoms with Gasteiger partial charge in [0.25, 0.3) is 5.91 Å². The lowest BCUT2D eigenvalue weighted by Crippen LogP contribution is -2.54. The lowest BCUT2D eigenvalue weighted by atomic mass is 9.86. The minimum Gasteiger partial charge on any atom is -0.497 e. The van der Waals surface area contributed by atoms with Gasteiger partial charge in [-0.3, -0.25) is 9.59 Å².